The summed E-state index contributed by atoms with van der Waals surface area (Å²) in [5.74, 6) is -0.676. The van der Waals surface area contributed by atoms with E-state index in [-0.39, 0.29) is 46.9 Å². The first-order valence-electron chi connectivity index (χ1n) is 18.9. The van der Waals surface area contributed by atoms with Gasteiger partial charge in [0.05, 0.1) is 48.9 Å². The molecule has 0 saturated carbocycles. The fourth-order valence-corrected chi connectivity index (χ4v) is 10.1. The zero-order valence-corrected chi connectivity index (χ0v) is 36.9. The number of amides is 1. The number of carbonyl (C=O) groups is 3. The summed E-state index contributed by atoms with van der Waals surface area (Å²) in [6.07, 6.45) is 3.56. The summed E-state index contributed by atoms with van der Waals surface area (Å²) in [6, 6.07) is 8.84. The van der Waals surface area contributed by atoms with Crippen molar-refractivity contribution in [3.8, 4) is 0 Å². The predicted octanol–water partition coefficient (Wildman–Crippen LogP) is 6.85. The number of nitrogens with one attached hydrogen (secondary N) is 1. The number of sulfonamides is 1. The molecule has 0 bridgehead atoms. The second-order valence-electron chi connectivity index (χ2n) is 15.5. The molecule has 1 saturated heterocycles. The Labute approximate surface area is 355 Å². The van der Waals surface area contributed by atoms with Gasteiger partial charge in [-0.3, -0.25) is 9.59 Å². The van der Waals surface area contributed by atoms with Gasteiger partial charge in [0.2, 0.25) is 15.9 Å². The zero-order valence-electron chi connectivity index (χ0n) is 33.7. The number of halogens is 2. The van der Waals surface area contributed by atoms with Crippen molar-refractivity contribution in [1.29, 1.82) is 0 Å². The van der Waals surface area contributed by atoms with E-state index in [0.717, 1.165) is 32.5 Å². The predicted molar refractivity (Wildman–Crippen MR) is 225 cm³/mol. The minimum absolute atomic E-state index is 0.0322. The average molecular weight is 886 g/mol. The van der Waals surface area contributed by atoms with E-state index < -0.39 is 51.2 Å². The lowest BCUT2D eigenvalue weighted by Gasteiger charge is -2.29. The van der Waals surface area contributed by atoms with Gasteiger partial charge in [-0.1, -0.05) is 53.0 Å². The highest BCUT2D eigenvalue weighted by Gasteiger charge is 2.41. The van der Waals surface area contributed by atoms with Crippen LogP contribution in [-0.4, -0.2) is 116 Å². The number of methoxy groups -OCH3 is 2. The van der Waals surface area contributed by atoms with Crippen molar-refractivity contribution in [2.45, 2.75) is 101 Å². The number of ether oxygens (including phenoxy) is 4. The lowest BCUT2D eigenvalue weighted by Crippen LogP contribution is -2.51. The number of carbonyl (C=O) groups excluding carboxylic acids is 1. The monoisotopic (exact) mass is 884 g/mol. The van der Waals surface area contributed by atoms with Crippen LogP contribution in [0.2, 0.25) is 10.0 Å². The van der Waals surface area contributed by atoms with Crippen molar-refractivity contribution in [2.75, 3.05) is 45.5 Å². The van der Waals surface area contributed by atoms with Crippen molar-refractivity contribution in [1.82, 2.24) is 9.62 Å². The molecule has 2 aromatic rings. The van der Waals surface area contributed by atoms with Gasteiger partial charge in [0.25, 0.3) is 0 Å². The van der Waals surface area contributed by atoms with Crippen LogP contribution in [0.15, 0.2) is 64.8 Å². The van der Waals surface area contributed by atoms with Gasteiger partial charge < -0.3 is 34.5 Å². The van der Waals surface area contributed by atoms with Crippen LogP contribution in [-0.2, 0) is 49.8 Å². The first kappa shape index (κ1) is 47.5. The molecule has 1 unspecified atom stereocenters. The van der Waals surface area contributed by atoms with Crippen LogP contribution in [0.4, 0.5) is 0 Å². The number of rotatable bonds is 22. The van der Waals surface area contributed by atoms with E-state index in [0.29, 0.717) is 43.8 Å². The minimum atomic E-state index is -4.14. The van der Waals surface area contributed by atoms with Crippen LogP contribution in [0.5, 0.6) is 0 Å². The van der Waals surface area contributed by atoms with Crippen LogP contribution < -0.4 is 5.32 Å². The number of carboxylic acids is 2. The molecule has 13 nitrogen and oxygen atoms in total. The maximum atomic E-state index is 13.5. The Morgan fingerprint density at radius 2 is 1.64 bits per heavy atom. The highest BCUT2D eigenvalue weighted by atomic mass is 35.5. The van der Waals surface area contributed by atoms with Crippen LogP contribution in [0.3, 0.4) is 0 Å². The molecule has 2 aliphatic rings. The van der Waals surface area contributed by atoms with E-state index in [9.17, 15) is 27.9 Å². The smallest absolute Gasteiger partial charge is 0.326 e. The second kappa shape index (κ2) is 20.9. The van der Waals surface area contributed by atoms with Crippen molar-refractivity contribution >= 4 is 68.4 Å². The minimum Gasteiger partial charge on any atom is -0.496 e. The second-order valence-corrected chi connectivity index (χ2v) is 19.4. The summed E-state index contributed by atoms with van der Waals surface area (Å²) < 4.78 is 51.7. The van der Waals surface area contributed by atoms with Crippen LogP contribution in [0.1, 0.15) is 70.9 Å². The summed E-state index contributed by atoms with van der Waals surface area (Å²) in [5.41, 5.74) is 2.32. The summed E-state index contributed by atoms with van der Waals surface area (Å²) in [5, 5.41) is 22.0. The molecule has 0 radical (unpaired) electrons. The molecule has 1 aliphatic carbocycles. The first-order valence-corrected chi connectivity index (χ1v) is 22.3. The summed E-state index contributed by atoms with van der Waals surface area (Å²) >= 11 is 13.8. The molecule has 1 aliphatic heterocycles. The van der Waals surface area contributed by atoms with E-state index >= 15 is 0 Å². The molecule has 17 heteroatoms. The van der Waals surface area contributed by atoms with Crippen molar-refractivity contribution in [2.24, 2.45) is 0 Å². The molecule has 3 N–H and O–H groups in total. The number of hydrogen-bond donors (Lipinski definition) is 3. The fraction of sp³-hybridized carbons (Fsp3) is 0.537. The van der Waals surface area contributed by atoms with E-state index in [1.54, 1.807) is 52.0 Å². The Morgan fingerprint density at radius 3 is 2.24 bits per heavy atom. The number of carboxylic acid groups (broad SMARTS) is 2. The van der Waals surface area contributed by atoms with Gasteiger partial charge in [0.15, 0.2) is 0 Å². The van der Waals surface area contributed by atoms with Gasteiger partial charge in [0, 0.05) is 53.6 Å². The lowest BCUT2D eigenvalue weighted by molar-refractivity contribution is -0.144. The van der Waals surface area contributed by atoms with Gasteiger partial charge in [-0.2, -0.15) is 16.1 Å². The van der Waals surface area contributed by atoms with E-state index in [2.05, 4.69) is 5.32 Å². The van der Waals surface area contributed by atoms with Crippen LogP contribution in [0, 0.1) is 0 Å². The third-order valence-electron chi connectivity index (χ3n) is 9.92. The number of allylic oxidation sites excluding steroid dienone is 1. The molecule has 4 rings (SSSR count). The van der Waals surface area contributed by atoms with Gasteiger partial charge in [0.1, 0.15) is 17.8 Å². The third-order valence-corrected chi connectivity index (χ3v) is 13.3. The number of hydrogen-bond acceptors (Lipinski definition) is 10. The van der Waals surface area contributed by atoms with E-state index in [4.69, 9.17) is 47.3 Å². The molecule has 58 heavy (non-hydrogen) atoms. The normalized spacial score (nSPS) is 18.5. The molecule has 0 aromatic heterocycles. The molecule has 3 atom stereocenters. The lowest BCUT2D eigenvalue weighted by atomic mass is 9.89. The van der Waals surface area contributed by atoms with Gasteiger partial charge >= 0.3 is 11.9 Å². The Hall–Kier alpha value is -3.15. The quantitative estimate of drug-likeness (QED) is 0.105. The van der Waals surface area contributed by atoms with Gasteiger partial charge in [-0.05, 0) is 82.4 Å². The molecular formula is C41H54Cl2N2O11S2. The largest absolute Gasteiger partial charge is 0.496 e. The topological polar surface area (TPSA) is 178 Å². The fourth-order valence-electron chi connectivity index (χ4n) is 6.89. The maximum absolute atomic E-state index is 13.5. The molecular weight excluding hydrogens is 831 g/mol. The SMILES string of the molecule is COC1=C(c2ccc(C[C@H](NC(=O)[C@H]3CCCN3S(=O)(=O)c3cc(Cl)cc(Cl)c3)C(=O)O)cc2)C(OC)CC(CSCCOC(C)(C)CCOC(C)(C)CC(=O)O)=C1. The average Bonchev–Trinajstić information content (AvgIpc) is 3.65. The number of thioether (sulfide) groups is 1. The Bertz CT molecular complexity index is 1930. The standard InChI is InChI=1S/C41H54Cl2N2O11S2/c1-40(2,13-15-55-41(3,4)24-36(46)47)56-16-17-57-25-27-19-34(53-5)37(35(20-27)54-6)28-11-9-26(10-12-28)18-32(39(49)50)44-38(48)33-8-7-14-45(33)58(51,52)31-22-29(42)21-30(43)23-31/h9-12,19,21-23,32-33,35H,7-8,13-18,20,24-25H2,1-6H3,(H,44,48)(H,46,47)(H,49,50)/t32-,33+,35?/m0/s1. The molecule has 2 aromatic carbocycles. The molecule has 1 amide bonds. The zero-order chi connectivity index (χ0) is 42.8. The summed E-state index contributed by atoms with van der Waals surface area (Å²) in [6.45, 7) is 8.53. The summed E-state index contributed by atoms with van der Waals surface area (Å²) in [4.78, 5) is 36.7. The first-order chi connectivity index (χ1) is 27.2. The van der Waals surface area contributed by atoms with Crippen molar-refractivity contribution in [3.63, 3.8) is 0 Å². The number of nitrogens with zero attached hydrogens (tertiary/aromatic N) is 1. The molecule has 1 heterocycles. The van der Waals surface area contributed by atoms with Crippen LogP contribution >= 0.6 is 35.0 Å². The van der Waals surface area contributed by atoms with Crippen molar-refractivity contribution in [3.05, 3.63) is 81.0 Å². The number of benzene rings is 2. The highest BCUT2D eigenvalue weighted by Crippen LogP contribution is 2.36. The Kier molecular flexibility index (Phi) is 17.1. The third kappa shape index (κ3) is 13.4. The molecule has 320 valence electrons. The van der Waals surface area contributed by atoms with Crippen molar-refractivity contribution < 1.29 is 52.0 Å². The van der Waals surface area contributed by atoms with Crippen LogP contribution in [0.25, 0.3) is 5.57 Å². The maximum Gasteiger partial charge on any atom is 0.326 e. The Balaban J connectivity index is 1.35. The molecule has 0 spiro atoms. The summed E-state index contributed by atoms with van der Waals surface area (Å²) in [7, 11) is -0.893. The van der Waals surface area contributed by atoms with E-state index in [1.165, 1.54) is 18.2 Å². The molecule has 1 fully saturated rings. The van der Waals surface area contributed by atoms with E-state index in [1.807, 2.05) is 32.1 Å². The van der Waals surface area contributed by atoms with Gasteiger partial charge in [-0.25, -0.2) is 13.2 Å². The number of aliphatic carboxylic acids is 2. The van der Waals surface area contributed by atoms with Gasteiger partial charge in [-0.15, -0.1) is 0 Å². The highest BCUT2D eigenvalue weighted by molar-refractivity contribution is 7.99. The Morgan fingerprint density at radius 1 is 0.983 bits per heavy atom.